The summed E-state index contributed by atoms with van der Waals surface area (Å²) in [4.78, 5) is 10.8. The molecule has 0 aliphatic heterocycles. The van der Waals surface area contributed by atoms with E-state index in [4.69, 9.17) is 9.97 Å². The Kier molecular flexibility index (Phi) is 7.55. The first-order valence-electron chi connectivity index (χ1n) is 19.8. The smallest absolute Gasteiger partial charge is 0.161 e. The average molecular weight is 727 g/mol. The first kappa shape index (κ1) is 33.2. The molecule has 0 spiro atoms. The van der Waals surface area contributed by atoms with Gasteiger partial charge < -0.3 is 0 Å². The molecule has 0 fully saturated rings. The van der Waals surface area contributed by atoms with E-state index in [0.717, 1.165) is 39.0 Å². The predicted molar refractivity (Wildman–Crippen MR) is 239 cm³/mol. The van der Waals surface area contributed by atoms with Gasteiger partial charge in [0, 0.05) is 22.1 Å². The number of hydrogen-bond acceptors (Lipinski definition) is 2. The number of fused-ring (bicyclic) bond motifs is 7. The van der Waals surface area contributed by atoms with Gasteiger partial charge in [0.25, 0.3) is 0 Å². The molecule has 0 amide bonds. The van der Waals surface area contributed by atoms with Gasteiger partial charge in [-0.25, -0.2) is 9.97 Å². The van der Waals surface area contributed by atoms with Crippen LogP contribution in [0.25, 0.3) is 99.6 Å². The van der Waals surface area contributed by atoms with Gasteiger partial charge in [-0.2, -0.15) is 0 Å². The molecule has 0 atom stereocenters. The minimum atomic E-state index is -0.137. The van der Waals surface area contributed by atoms with Crippen molar-refractivity contribution < 1.29 is 0 Å². The van der Waals surface area contributed by atoms with E-state index in [0.29, 0.717) is 5.82 Å². The average Bonchev–Trinajstić information content (AvgIpc) is 3.52. The summed E-state index contributed by atoms with van der Waals surface area (Å²) in [5.74, 6) is 0.707. The van der Waals surface area contributed by atoms with Gasteiger partial charge in [0.05, 0.1) is 11.4 Å². The van der Waals surface area contributed by atoms with Crippen LogP contribution in [0.2, 0.25) is 0 Å². The van der Waals surface area contributed by atoms with Crippen LogP contribution in [0.3, 0.4) is 0 Å². The highest BCUT2D eigenvalue weighted by atomic mass is 14.9. The molecule has 0 unspecified atom stereocenters. The monoisotopic (exact) mass is 726 g/mol. The number of rotatable bonds is 5. The van der Waals surface area contributed by atoms with Gasteiger partial charge in [-0.3, -0.25) is 0 Å². The molecule has 1 aliphatic rings. The molecule has 0 saturated heterocycles. The van der Waals surface area contributed by atoms with Gasteiger partial charge in [0.1, 0.15) is 0 Å². The van der Waals surface area contributed by atoms with Gasteiger partial charge in [-0.05, 0) is 89.0 Å². The Morgan fingerprint density at radius 3 is 1.68 bits per heavy atom. The summed E-state index contributed by atoms with van der Waals surface area (Å²) < 4.78 is 0. The summed E-state index contributed by atoms with van der Waals surface area (Å²) in [6.07, 6.45) is 0. The van der Waals surface area contributed by atoms with Gasteiger partial charge in [-0.1, -0.05) is 196 Å². The first-order valence-corrected chi connectivity index (χ1v) is 19.8. The molecule has 0 N–H and O–H groups in total. The lowest BCUT2D eigenvalue weighted by Crippen LogP contribution is -2.15. The number of aromatic nitrogens is 2. The minimum Gasteiger partial charge on any atom is -0.228 e. The fraction of sp³-hybridized carbons (Fsp3) is 0.0545. The zero-order valence-corrected chi connectivity index (χ0v) is 31.9. The van der Waals surface area contributed by atoms with Crippen molar-refractivity contribution in [3.63, 3.8) is 0 Å². The van der Waals surface area contributed by atoms with Crippen molar-refractivity contribution in [3.8, 4) is 67.3 Å². The molecular formula is C55H38N2. The summed E-state index contributed by atoms with van der Waals surface area (Å²) in [5.41, 5.74) is 15.0. The molecule has 0 radical (unpaired) electrons. The summed E-state index contributed by atoms with van der Waals surface area (Å²) in [5, 5.41) is 7.36. The third-order valence-electron chi connectivity index (χ3n) is 12.1. The molecular weight excluding hydrogens is 689 g/mol. The van der Waals surface area contributed by atoms with Crippen LogP contribution in [-0.4, -0.2) is 9.97 Å². The quantitative estimate of drug-likeness (QED) is 0.176. The zero-order valence-electron chi connectivity index (χ0n) is 31.9. The van der Waals surface area contributed by atoms with Crippen molar-refractivity contribution in [2.75, 3.05) is 0 Å². The summed E-state index contributed by atoms with van der Waals surface area (Å²) in [6.45, 7) is 4.75. The normalized spacial score (nSPS) is 12.9. The van der Waals surface area contributed by atoms with E-state index in [2.05, 4.69) is 208 Å². The second-order valence-corrected chi connectivity index (χ2v) is 15.7. The first-order chi connectivity index (χ1) is 28.0. The molecule has 0 bridgehead atoms. The lowest BCUT2D eigenvalue weighted by Gasteiger charge is -2.23. The Labute approximate surface area is 332 Å². The standard InChI is InChI=1S/C55H38N2/c1-55(2)49-29-15-28-46(52(49)48-31-30-36-17-7-9-22-39(36)53(48)55)44-32-33-47(43-25-11-10-23-41(43)44)54-56-50(37-18-4-3-5-19-37)34-51(57-54)45-26-13-12-24-42(45)40-27-14-20-35-16-6-8-21-38(35)40/h3-34H,1-2H3. The third kappa shape index (κ3) is 5.25. The predicted octanol–water partition coefficient (Wildman–Crippen LogP) is 14.6. The van der Waals surface area contributed by atoms with E-state index < -0.39 is 0 Å². The third-order valence-corrected chi connectivity index (χ3v) is 12.1. The molecule has 1 heterocycles. The van der Waals surface area contributed by atoms with Gasteiger partial charge in [-0.15, -0.1) is 0 Å². The molecule has 268 valence electrons. The van der Waals surface area contributed by atoms with Crippen molar-refractivity contribution >= 4 is 32.3 Å². The Morgan fingerprint density at radius 1 is 0.351 bits per heavy atom. The highest BCUT2D eigenvalue weighted by molar-refractivity contribution is 6.09. The Balaban J connectivity index is 1.12. The van der Waals surface area contributed by atoms with Crippen molar-refractivity contribution in [1.82, 2.24) is 9.97 Å². The number of nitrogens with zero attached hydrogens (tertiary/aromatic N) is 2. The zero-order chi connectivity index (χ0) is 38.1. The maximum atomic E-state index is 5.44. The topological polar surface area (TPSA) is 25.8 Å². The fourth-order valence-electron chi connectivity index (χ4n) is 9.47. The van der Waals surface area contributed by atoms with Crippen LogP contribution in [0.4, 0.5) is 0 Å². The molecule has 11 rings (SSSR count). The van der Waals surface area contributed by atoms with E-state index in [1.165, 1.54) is 65.9 Å². The van der Waals surface area contributed by atoms with Crippen LogP contribution in [0, 0.1) is 0 Å². The second-order valence-electron chi connectivity index (χ2n) is 15.7. The molecule has 10 aromatic rings. The summed E-state index contributed by atoms with van der Waals surface area (Å²) in [6, 6.07) is 70.0. The largest absolute Gasteiger partial charge is 0.228 e. The Hall–Kier alpha value is -7.16. The Morgan fingerprint density at radius 2 is 0.877 bits per heavy atom. The van der Waals surface area contributed by atoms with Crippen LogP contribution < -0.4 is 0 Å². The van der Waals surface area contributed by atoms with E-state index in [-0.39, 0.29) is 5.41 Å². The van der Waals surface area contributed by atoms with Crippen LogP contribution in [-0.2, 0) is 5.41 Å². The van der Waals surface area contributed by atoms with Crippen molar-refractivity contribution in [3.05, 3.63) is 205 Å². The highest BCUT2D eigenvalue weighted by Gasteiger charge is 2.38. The van der Waals surface area contributed by atoms with Crippen molar-refractivity contribution in [2.24, 2.45) is 0 Å². The van der Waals surface area contributed by atoms with Gasteiger partial charge in [0.15, 0.2) is 5.82 Å². The van der Waals surface area contributed by atoms with E-state index in [1.54, 1.807) is 0 Å². The molecule has 0 saturated carbocycles. The maximum absolute atomic E-state index is 5.44. The number of benzene rings is 9. The molecule has 9 aromatic carbocycles. The summed E-state index contributed by atoms with van der Waals surface area (Å²) in [7, 11) is 0. The van der Waals surface area contributed by atoms with E-state index >= 15 is 0 Å². The lowest BCUT2D eigenvalue weighted by atomic mass is 9.80. The van der Waals surface area contributed by atoms with Crippen LogP contribution in [0.5, 0.6) is 0 Å². The van der Waals surface area contributed by atoms with Gasteiger partial charge >= 0.3 is 0 Å². The van der Waals surface area contributed by atoms with Crippen LogP contribution >= 0.6 is 0 Å². The molecule has 57 heavy (non-hydrogen) atoms. The fourth-order valence-corrected chi connectivity index (χ4v) is 9.47. The molecule has 1 aliphatic carbocycles. The van der Waals surface area contributed by atoms with Gasteiger partial charge in [0.2, 0.25) is 0 Å². The molecule has 2 heteroatoms. The van der Waals surface area contributed by atoms with Crippen LogP contribution in [0.15, 0.2) is 194 Å². The van der Waals surface area contributed by atoms with Crippen molar-refractivity contribution in [1.29, 1.82) is 0 Å². The highest BCUT2D eigenvalue weighted by Crippen LogP contribution is 2.55. The maximum Gasteiger partial charge on any atom is 0.161 e. The second kappa shape index (κ2) is 13.0. The SMILES string of the molecule is CC1(C)c2cccc(-c3ccc(-c4nc(-c5ccccc5)cc(-c5ccccc5-c5cccc6ccccc56)n4)c4ccccc34)c2-c2ccc3ccccc3c21. The minimum absolute atomic E-state index is 0.137. The lowest BCUT2D eigenvalue weighted by molar-refractivity contribution is 0.666. The molecule has 1 aromatic heterocycles. The Bertz CT molecular complexity index is 3210. The summed E-state index contributed by atoms with van der Waals surface area (Å²) >= 11 is 0. The van der Waals surface area contributed by atoms with Crippen LogP contribution in [0.1, 0.15) is 25.0 Å². The van der Waals surface area contributed by atoms with E-state index in [1.807, 2.05) is 0 Å². The van der Waals surface area contributed by atoms with E-state index in [9.17, 15) is 0 Å². The number of hydrogen-bond donors (Lipinski definition) is 0. The molecule has 2 nitrogen and oxygen atoms in total. The van der Waals surface area contributed by atoms with Crippen molar-refractivity contribution in [2.45, 2.75) is 19.3 Å².